The molecule has 0 unspecified atom stereocenters. The predicted molar refractivity (Wildman–Crippen MR) is 45.8 cm³/mol. The third kappa shape index (κ3) is 3.85. The van der Waals surface area contributed by atoms with Gasteiger partial charge in [0.05, 0.1) is 0 Å². The van der Waals surface area contributed by atoms with Crippen molar-refractivity contribution in [3.63, 3.8) is 0 Å². The topological polar surface area (TPSA) is 52.0 Å². The molecule has 0 fully saturated rings. The molecule has 0 saturated heterocycles. The van der Waals surface area contributed by atoms with E-state index in [4.69, 9.17) is 11.5 Å². The van der Waals surface area contributed by atoms with E-state index in [1.807, 2.05) is 0 Å². The zero-order valence-electron chi connectivity index (χ0n) is 7.14. The highest BCUT2D eigenvalue weighted by Gasteiger charge is 2.09. The van der Waals surface area contributed by atoms with Crippen LogP contribution >= 0.6 is 0 Å². The maximum absolute atomic E-state index is 5.79. The summed E-state index contributed by atoms with van der Waals surface area (Å²) in [6, 6.07) is 0.426. The molecule has 10 heavy (non-hydrogen) atoms. The van der Waals surface area contributed by atoms with Crippen molar-refractivity contribution < 1.29 is 0 Å². The van der Waals surface area contributed by atoms with E-state index in [-0.39, 0.29) is 12.1 Å². The summed E-state index contributed by atoms with van der Waals surface area (Å²) in [6.45, 7) is 4.27. The Morgan fingerprint density at radius 3 is 1.40 bits per heavy atom. The summed E-state index contributed by atoms with van der Waals surface area (Å²) >= 11 is 0. The van der Waals surface area contributed by atoms with Crippen molar-refractivity contribution in [3.8, 4) is 0 Å². The summed E-state index contributed by atoms with van der Waals surface area (Å²) in [6.07, 6.45) is 4.39. The molecule has 4 N–H and O–H groups in total. The van der Waals surface area contributed by atoms with Gasteiger partial charge in [-0.05, 0) is 12.8 Å². The Morgan fingerprint density at radius 2 is 1.20 bits per heavy atom. The molecule has 0 bridgehead atoms. The van der Waals surface area contributed by atoms with Crippen molar-refractivity contribution in [1.82, 2.24) is 0 Å². The predicted octanol–water partition coefficient (Wildman–Crippen LogP) is 1.24. The Balaban J connectivity index is 3.38. The molecule has 2 atom stereocenters. The molecule has 0 aromatic heterocycles. The molecule has 0 spiro atoms. The average molecular weight is 144 g/mol. The normalized spacial score (nSPS) is 16.8. The van der Waals surface area contributed by atoms with Crippen LogP contribution in [-0.4, -0.2) is 12.1 Å². The molecule has 0 aliphatic rings. The van der Waals surface area contributed by atoms with E-state index in [1.165, 1.54) is 0 Å². The summed E-state index contributed by atoms with van der Waals surface area (Å²) in [5.74, 6) is 0. The van der Waals surface area contributed by atoms with Gasteiger partial charge >= 0.3 is 0 Å². The highest BCUT2D eigenvalue weighted by Crippen LogP contribution is 2.02. The molecule has 62 valence electrons. The molecule has 0 amide bonds. The molecular weight excluding hydrogens is 124 g/mol. The highest BCUT2D eigenvalue weighted by atomic mass is 14.8. The molecule has 0 heterocycles. The second kappa shape index (κ2) is 5.69. The van der Waals surface area contributed by atoms with Crippen molar-refractivity contribution in [2.24, 2.45) is 11.5 Å². The molecule has 0 aromatic rings. The minimum Gasteiger partial charge on any atom is -0.326 e. The monoisotopic (exact) mass is 144 g/mol. The lowest BCUT2D eigenvalue weighted by molar-refractivity contribution is 0.462. The van der Waals surface area contributed by atoms with Gasteiger partial charge in [0.25, 0.3) is 0 Å². The van der Waals surface area contributed by atoms with E-state index >= 15 is 0 Å². The number of rotatable bonds is 5. The van der Waals surface area contributed by atoms with Crippen molar-refractivity contribution in [2.75, 3.05) is 0 Å². The first-order valence-electron chi connectivity index (χ1n) is 4.23. The van der Waals surface area contributed by atoms with E-state index in [1.54, 1.807) is 0 Å². The lowest BCUT2D eigenvalue weighted by Gasteiger charge is -2.17. The summed E-state index contributed by atoms with van der Waals surface area (Å²) in [7, 11) is 0. The van der Waals surface area contributed by atoms with Crippen LogP contribution in [0.2, 0.25) is 0 Å². The van der Waals surface area contributed by atoms with Gasteiger partial charge in [-0.2, -0.15) is 0 Å². The first-order valence-corrected chi connectivity index (χ1v) is 4.23. The third-order valence-electron chi connectivity index (χ3n) is 1.79. The van der Waals surface area contributed by atoms with Gasteiger partial charge in [0, 0.05) is 12.1 Å². The Bertz CT molecular complexity index is 63.7. The van der Waals surface area contributed by atoms with Crippen molar-refractivity contribution in [3.05, 3.63) is 0 Å². The number of hydrogen-bond donors (Lipinski definition) is 2. The van der Waals surface area contributed by atoms with Crippen LogP contribution in [0.5, 0.6) is 0 Å². The van der Waals surface area contributed by atoms with E-state index in [9.17, 15) is 0 Å². The van der Waals surface area contributed by atoms with Crippen molar-refractivity contribution >= 4 is 0 Å². The van der Waals surface area contributed by atoms with Gasteiger partial charge in [-0.1, -0.05) is 26.7 Å². The molecule has 2 nitrogen and oxygen atoms in total. The Kier molecular flexibility index (Phi) is 5.64. The molecule has 2 heteroatoms. The summed E-state index contributed by atoms with van der Waals surface area (Å²) in [4.78, 5) is 0. The minimum atomic E-state index is 0.213. The van der Waals surface area contributed by atoms with Crippen LogP contribution in [0.3, 0.4) is 0 Å². The first-order chi connectivity index (χ1) is 4.72. The lowest BCUT2D eigenvalue weighted by Crippen LogP contribution is -2.40. The van der Waals surface area contributed by atoms with Crippen LogP contribution in [0.4, 0.5) is 0 Å². The standard InChI is InChI=1S/C8H20N2/c1-3-5-7(9)8(10)6-4-2/h7-8H,3-6,9-10H2,1-2H3/t7-,8-/m0/s1. The quantitative estimate of drug-likeness (QED) is 0.610. The maximum atomic E-state index is 5.79. The van der Waals surface area contributed by atoms with E-state index in [2.05, 4.69) is 13.8 Å². The first kappa shape index (κ1) is 9.92. The van der Waals surface area contributed by atoms with Crippen molar-refractivity contribution in [2.45, 2.75) is 51.6 Å². The van der Waals surface area contributed by atoms with E-state index in [0.717, 1.165) is 25.7 Å². The van der Waals surface area contributed by atoms with E-state index < -0.39 is 0 Å². The molecular formula is C8H20N2. The third-order valence-corrected chi connectivity index (χ3v) is 1.79. The van der Waals surface area contributed by atoms with Gasteiger partial charge < -0.3 is 11.5 Å². The fourth-order valence-corrected chi connectivity index (χ4v) is 1.09. The van der Waals surface area contributed by atoms with Gasteiger partial charge in [-0.3, -0.25) is 0 Å². The second-order valence-corrected chi connectivity index (χ2v) is 2.91. The van der Waals surface area contributed by atoms with Crippen molar-refractivity contribution in [1.29, 1.82) is 0 Å². The SMILES string of the molecule is CCC[C@H](N)[C@@H](N)CCC. The summed E-state index contributed by atoms with van der Waals surface area (Å²) < 4.78 is 0. The lowest BCUT2D eigenvalue weighted by atomic mass is 10.0. The Hall–Kier alpha value is -0.0800. The van der Waals surface area contributed by atoms with Gasteiger partial charge in [0.15, 0.2) is 0 Å². The second-order valence-electron chi connectivity index (χ2n) is 2.91. The molecule has 0 saturated carbocycles. The van der Waals surface area contributed by atoms with Crippen LogP contribution in [0.15, 0.2) is 0 Å². The van der Waals surface area contributed by atoms with Gasteiger partial charge in [-0.15, -0.1) is 0 Å². The fourth-order valence-electron chi connectivity index (χ4n) is 1.09. The fraction of sp³-hybridized carbons (Fsp3) is 1.00. The van der Waals surface area contributed by atoms with Gasteiger partial charge in [0.2, 0.25) is 0 Å². The van der Waals surface area contributed by atoms with Crippen LogP contribution in [0.1, 0.15) is 39.5 Å². The molecule has 0 rings (SSSR count). The Labute approximate surface area is 64.0 Å². The molecule has 0 aliphatic heterocycles. The zero-order chi connectivity index (χ0) is 7.98. The van der Waals surface area contributed by atoms with Crippen LogP contribution in [-0.2, 0) is 0 Å². The summed E-state index contributed by atoms with van der Waals surface area (Å²) in [5, 5.41) is 0. The van der Waals surface area contributed by atoms with Crippen LogP contribution in [0, 0.1) is 0 Å². The number of nitrogens with two attached hydrogens (primary N) is 2. The average Bonchev–Trinajstić information content (AvgIpc) is 1.89. The molecule has 0 aromatic carbocycles. The molecule has 0 radical (unpaired) electrons. The van der Waals surface area contributed by atoms with Crippen LogP contribution in [0.25, 0.3) is 0 Å². The highest BCUT2D eigenvalue weighted by molar-refractivity contribution is 4.74. The number of hydrogen-bond acceptors (Lipinski definition) is 2. The summed E-state index contributed by atoms with van der Waals surface area (Å²) in [5.41, 5.74) is 11.6. The minimum absolute atomic E-state index is 0.213. The maximum Gasteiger partial charge on any atom is 0.0192 e. The molecule has 0 aliphatic carbocycles. The van der Waals surface area contributed by atoms with E-state index in [0.29, 0.717) is 0 Å². The van der Waals surface area contributed by atoms with Crippen LogP contribution < -0.4 is 11.5 Å². The van der Waals surface area contributed by atoms with Gasteiger partial charge in [0.1, 0.15) is 0 Å². The Morgan fingerprint density at radius 1 is 0.900 bits per heavy atom. The largest absolute Gasteiger partial charge is 0.326 e. The van der Waals surface area contributed by atoms with Gasteiger partial charge in [-0.25, -0.2) is 0 Å². The smallest absolute Gasteiger partial charge is 0.0192 e. The zero-order valence-corrected chi connectivity index (χ0v) is 7.14.